The summed E-state index contributed by atoms with van der Waals surface area (Å²) >= 11 is 0. The van der Waals surface area contributed by atoms with Crippen LogP contribution in [0.25, 0.3) is 0 Å². The third-order valence-electron chi connectivity index (χ3n) is 1.62. The van der Waals surface area contributed by atoms with Crippen molar-refractivity contribution in [3.63, 3.8) is 0 Å². The van der Waals surface area contributed by atoms with Gasteiger partial charge in [-0.2, -0.15) is 0 Å². The largest absolute Gasteiger partial charge is 0.274 e. The standard InChI is InChI=1S/C11H13NO2/c1-2-3-9-14-12-11(13)10-7-5-4-6-8-10/h2-8H,9H2,1H3,(H,12,13)/b3-2+. The van der Waals surface area contributed by atoms with Gasteiger partial charge in [0.1, 0.15) is 0 Å². The van der Waals surface area contributed by atoms with Crippen molar-refractivity contribution < 1.29 is 9.63 Å². The number of amides is 1. The number of hydrogen-bond acceptors (Lipinski definition) is 2. The van der Waals surface area contributed by atoms with Crippen LogP contribution in [0.5, 0.6) is 0 Å². The summed E-state index contributed by atoms with van der Waals surface area (Å²) in [5.41, 5.74) is 2.93. The first-order chi connectivity index (χ1) is 6.84. The molecule has 14 heavy (non-hydrogen) atoms. The van der Waals surface area contributed by atoms with E-state index in [9.17, 15) is 4.79 Å². The molecule has 0 unspecified atom stereocenters. The number of nitrogens with one attached hydrogen (secondary N) is 1. The van der Waals surface area contributed by atoms with E-state index in [0.717, 1.165) is 0 Å². The Morgan fingerprint density at radius 3 is 2.79 bits per heavy atom. The molecule has 0 bridgehead atoms. The fraction of sp³-hybridized carbons (Fsp3) is 0.182. The lowest BCUT2D eigenvalue weighted by molar-refractivity contribution is 0.0421. The van der Waals surface area contributed by atoms with Crippen molar-refractivity contribution in [1.82, 2.24) is 5.48 Å². The highest BCUT2D eigenvalue weighted by atomic mass is 16.6. The molecule has 0 spiro atoms. The topological polar surface area (TPSA) is 38.3 Å². The third-order valence-corrected chi connectivity index (χ3v) is 1.62. The summed E-state index contributed by atoms with van der Waals surface area (Å²) in [6.45, 7) is 2.28. The van der Waals surface area contributed by atoms with Gasteiger partial charge < -0.3 is 0 Å². The summed E-state index contributed by atoms with van der Waals surface area (Å²) in [6, 6.07) is 8.93. The van der Waals surface area contributed by atoms with Crippen LogP contribution in [-0.4, -0.2) is 12.5 Å². The predicted molar refractivity (Wildman–Crippen MR) is 54.7 cm³/mol. The molecule has 0 fully saturated rings. The first kappa shape index (κ1) is 10.5. The Hall–Kier alpha value is -1.61. The number of carbonyl (C=O) groups is 1. The highest BCUT2D eigenvalue weighted by Gasteiger charge is 2.02. The molecule has 0 heterocycles. The molecule has 3 nitrogen and oxygen atoms in total. The maximum atomic E-state index is 11.3. The van der Waals surface area contributed by atoms with Gasteiger partial charge in [0.25, 0.3) is 5.91 Å². The minimum atomic E-state index is -0.227. The molecule has 3 heteroatoms. The summed E-state index contributed by atoms with van der Waals surface area (Å²) in [7, 11) is 0. The minimum absolute atomic E-state index is 0.227. The van der Waals surface area contributed by atoms with E-state index in [-0.39, 0.29) is 5.91 Å². The molecule has 1 amide bonds. The number of carbonyl (C=O) groups excluding carboxylic acids is 1. The summed E-state index contributed by atoms with van der Waals surface area (Å²) in [5.74, 6) is -0.227. The molecule has 0 aromatic heterocycles. The lowest BCUT2D eigenvalue weighted by Crippen LogP contribution is -2.23. The fourth-order valence-electron chi connectivity index (χ4n) is 0.900. The van der Waals surface area contributed by atoms with Crippen molar-refractivity contribution in [2.24, 2.45) is 0 Å². The number of hydrogen-bond donors (Lipinski definition) is 1. The van der Waals surface area contributed by atoms with Gasteiger partial charge in [-0.05, 0) is 19.1 Å². The lowest BCUT2D eigenvalue weighted by atomic mass is 10.2. The maximum Gasteiger partial charge on any atom is 0.274 e. The van der Waals surface area contributed by atoms with Crippen LogP contribution in [0.1, 0.15) is 17.3 Å². The molecular formula is C11H13NO2. The van der Waals surface area contributed by atoms with Crippen LogP contribution in [0, 0.1) is 0 Å². The second-order valence-electron chi connectivity index (χ2n) is 2.68. The SMILES string of the molecule is C/C=C/CONC(=O)c1ccccc1. The zero-order valence-corrected chi connectivity index (χ0v) is 8.07. The van der Waals surface area contributed by atoms with E-state index in [1.807, 2.05) is 25.1 Å². The maximum absolute atomic E-state index is 11.3. The smallest absolute Gasteiger partial charge is 0.269 e. The van der Waals surface area contributed by atoms with Gasteiger partial charge in [-0.25, -0.2) is 5.48 Å². The Morgan fingerprint density at radius 1 is 1.43 bits per heavy atom. The first-order valence-corrected chi connectivity index (χ1v) is 4.43. The van der Waals surface area contributed by atoms with Crippen LogP contribution in [0.4, 0.5) is 0 Å². The second kappa shape index (κ2) is 5.94. The minimum Gasteiger partial charge on any atom is -0.269 e. The third kappa shape index (κ3) is 3.41. The van der Waals surface area contributed by atoms with Crippen LogP contribution in [0.15, 0.2) is 42.5 Å². The molecule has 0 radical (unpaired) electrons. The molecule has 0 atom stereocenters. The van der Waals surface area contributed by atoms with Gasteiger partial charge in [0.15, 0.2) is 0 Å². The number of rotatable bonds is 4. The van der Waals surface area contributed by atoms with Gasteiger partial charge in [0.05, 0.1) is 6.61 Å². The van der Waals surface area contributed by atoms with E-state index in [2.05, 4.69) is 5.48 Å². The molecule has 0 aliphatic heterocycles. The second-order valence-corrected chi connectivity index (χ2v) is 2.68. The van der Waals surface area contributed by atoms with Crippen molar-refractivity contribution >= 4 is 5.91 Å². The number of allylic oxidation sites excluding steroid dienone is 1. The summed E-state index contributed by atoms with van der Waals surface area (Å²) in [5, 5.41) is 0. The summed E-state index contributed by atoms with van der Waals surface area (Å²) in [6.07, 6.45) is 3.67. The molecule has 1 aromatic rings. The zero-order valence-electron chi connectivity index (χ0n) is 8.07. The van der Waals surface area contributed by atoms with Crippen LogP contribution in [0.3, 0.4) is 0 Å². The normalized spacial score (nSPS) is 10.4. The quantitative estimate of drug-likeness (QED) is 0.448. The Labute approximate surface area is 83.3 Å². The molecule has 0 aliphatic rings. The van der Waals surface area contributed by atoms with E-state index in [1.165, 1.54) is 0 Å². The molecule has 1 rings (SSSR count). The van der Waals surface area contributed by atoms with Crippen LogP contribution < -0.4 is 5.48 Å². The molecular weight excluding hydrogens is 178 g/mol. The molecule has 1 aromatic carbocycles. The van der Waals surface area contributed by atoms with E-state index in [1.54, 1.807) is 24.3 Å². The van der Waals surface area contributed by atoms with E-state index < -0.39 is 0 Å². The van der Waals surface area contributed by atoms with E-state index >= 15 is 0 Å². The number of hydroxylamine groups is 1. The molecule has 0 aliphatic carbocycles. The van der Waals surface area contributed by atoms with Crippen LogP contribution >= 0.6 is 0 Å². The van der Waals surface area contributed by atoms with Crippen LogP contribution in [-0.2, 0) is 4.84 Å². The first-order valence-electron chi connectivity index (χ1n) is 4.43. The van der Waals surface area contributed by atoms with Gasteiger partial charge in [-0.1, -0.05) is 30.4 Å². The average molecular weight is 191 g/mol. The van der Waals surface area contributed by atoms with E-state index in [4.69, 9.17) is 4.84 Å². The van der Waals surface area contributed by atoms with Gasteiger partial charge in [0.2, 0.25) is 0 Å². The Balaban J connectivity index is 2.36. The average Bonchev–Trinajstić information content (AvgIpc) is 2.25. The monoisotopic (exact) mass is 191 g/mol. The Kier molecular flexibility index (Phi) is 4.44. The highest BCUT2D eigenvalue weighted by molar-refractivity contribution is 5.93. The lowest BCUT2D eigenvalue weighted by Gasteiger charge is -2.02. The van der Waals surface area contributed by atoms with Gasteiger partial charge >= 0.3 is 0 Å². The Morgan fingerprint density at radius 2 is 2.14 bits per heavy atom. The number of benzene rings is 1. The molecule has 1 N–H and O–H groups in total. The molecule has 0 saturated carbocycles. The van der Waals surface area contributed by atoms with Crippen molar-refractivity contribution in [2.75, 3.05) is 6.61 Å². The van der Waals surface area contributed by atoms with Crippen molar-refractivity contribution in [3.05, 3.63) is 48.0 Å². The molecule has 74 valence electrons. The highest BCUT2D eigenvalue weighted by Crippen LogP contribution is 1.97. The van der Waals surface area contributed by atoms with Crippen molar-refractivity contribution in [3.8, 4) is 0 Å². The van der Waals surface area contributed by atoms with E-state index in [0.29, 0.717) is 12.2 Å². The summed E-state index contributed by atoms with van der Waals surface area (Å²) < 4.78 is 0. The van der Waals surface area contributed by atoms with Crippen molar-refractivity contribution in [2.45, 2.75) is 6.92 Å². The van der Waals surface area contributed by atoms with Crippen molar-refractivity contribution in [1.29, 1.82) is 0 Å². The fourth-order valence-corrected chi connectivity index (χ4v) is 0.900. The van der Waals surface area contributed by atoms with Gasteiger partial charge in [0, 0.05) is 5.56 Å². The van der Waals surface area contributed by atoms with Gasteiger partial charge in [-0.15, -0.1) is 0 Å². The molecule has 0 saturated heterocycles. The Bertz CT molecular complexity index is 306. The predicted octanol–water partition coefficient (Wildman–Crippen LogP) is 1.92. The zero-order chi connectivity index (χ0) is 10.2. The summed E-state index contributed by atoms with van der Waals surface area (Å²) in [4.78, 5) is 16.3. The van der Waals surface area contributed by atoms with Gasteiger partial charge in [-0.3, -0.25) is 9.63 Å². The van der Waals surface area contributed by atoms with Crippen LogP contribution in [0.2, 0.25) is 0 Å².